The van der Waals surface area contributed by atoms with Crippen LogP contribution in [-0.4, -0.2) is 19.2 Å². The zero-order valence-electron chi connectivity index (χ0n) is 7.05. The summed E-state index contributed by atoms with van der Waals surface area (Å²) in [6.45, 7) is 6.68. The maximum absolute atomic E-state index is 5.34. The summed E-state index contributed by atoms with van der Waals surface area (Å²) < 4.78 is 5.13. The van der Waals surface area contributed by atoms with Crippen LogP contribution in [0.1, 0.15) is 19.8 Å². The normalized spacial score (nSPS) is 11.5. The van der Waals surface area contributed by atoms with Crippen LogP contribution in [0.3, 0.4) is 0 Å². The third-order valence-electron chi connectivity index (χ3n) is 1.19. The average molecular weight is 156 g/mol. The largest absolute Gasteiger partial charge is 0.384 e. The Hall–Kier alpha value is -0.830. The van der Waals surface area contributed by atoms with Gasteiger partial charge in [-0.2, -0.15) is 0 Å². The number of hydrogen-bond acceptors (Lipinski definition) is 2. The van der Waals surface area contributed by atoms with E-state index in [1.165, 1.54) is 6.08 Å². The lowest BCUT2D eigenvalue weighted by molar-refractivity contribution is 0.139. The molecule has 0 aromatic carbocycles. The second-order valence-corrected chi connectivity index (χ2v) is 2.18. The van der Waals surface area contributed by atoms with E-state index in [9.17, 15) is 0 Å². The van der Waals surface area contributed by atoms with E-state index in [4.69, 9.17) is 10.5 Å². The maximum Gasteiger partial charge on any atom is 0.139 e. The van der Waals surface area contributed by atoms with Crippen molar-refractivity contribution < 1.29 is 4.74 Å². The fourth-order valence-electron chi connectivity index (χ4n) is 0.496. The summed E-state index contributed by atoms with van der Waals surface area (Å²) in [5, 5.41) is 0. The molecule has 0 rings (SSSR count). The monoisotopic (exact) mass is 156 g/mol. The summed E-state index contributed by atoms with van der Waals surface area (Å²) in [5.74, 6) is 0.432. The second-order valence-electron chi connectivity index (χ2n) is 2.18. The van der Waals surface area contributed by atoms with Crippen LogP contribution >= 0.6 is 0 Å². The van der Waals surface area contributed by atoms with Crippen molar-refractivity contribution in [1.82, 2.24) is 0 Å². The highest BCUT2D eigenvalue weighted by Crippen LogP contribution is 1.87. The first kappa shape index (κ1) is 10.2. The summed E-state index contributed by atoms with van der Waals surface area (Å²) in [6.07, 6.45) is 3.72. The van der Waals surface area contributed by atoms with E-state index < -0.39 is 0 Å². The lowest BCUT2D eigenvalue weighted by Gasteiger charge is -1.98. The Kier molecular flexibility index (Phi) is 6.73. The smallest absolute Gasteiger partial charge is 0.139 e. The van der Waals surface area contributed by atoms with Crippen molar-refractivity contribution in [3.05, 3.63) is 12.7 Å². The van der Waals surface area contributed by atoms with Crippen LogP contribution in [-0.2, 0) is 4.74 Å². The molecule has 0 amide bonds. The lowest BCUT2D eigenvalue weighted by Crippen LogP contribution is -2.08. The first-order chi connectivity index (χ1) is 5.31. The van der Waals surface area contributed by atoms with Crippen LogP contribution in [0, 0.1) is 0 Å². The maximum atomic E-state index is 5.34. The molecule has 0 aliphatic carbocycles. The zero-order chi connectivity index (χ0) is 8.53. The van der Waals surface area contributed by atoms with E-state index >= 15 is 0 Å². The van der Waals surface area contributed by atoms with Crippen LogP contribution in [0.5, 0.6) is 0 Å². The highest BCUT2D eigenvalue weighted by molar-refractivity contribution is 5.90. The minimum atomic E-state index is 0.345. The van der Waals surface area contributed by atoms with Crippen molar-refractivity contribution in [3.63, 3.8) is 0 Å². The molecule has 0 saturated carbocycles. The Labute approximate surface area is 68.0 Å². The van der Waals surface area contributed by atoms with Crippen LogP contribution in [0.25, 0.3) is 0 Å². The Bertz CT molecular complexity index is 132. The molecule has 3 nitrogen and oxygen atoms in total. The fourth-order valence-corrected chi connectivity index (χ4v) is 0.496. The van der Waals surface area contributed by atoms with E-state index in [-0.39, 0.29) is 0 Å². The Balaban J connectivity index is 3.19. The molecule has 0 aromatic rings. The van der Waals surface area contributed by atoms with Gasteiger partial charge < -0.3 is 10.5 Å². The number of nitrogens with zero attached hydrogens (tertiary/aromatic N) is 1. The van der Waals surface area contributed by atoms with Crippen LogP contribution in [0.2, 0.25) is 0 Å². The van der Waals surface area contributed by atoms with Crippen LogP contribution in [0.15, 0.2) is 17.6 Å². The predicted octanol–water partition coefficient (Wildman–Crippen LogP) is 1.30. The van der Waals surface area contributed by atoms with Gasteiger partial charge >= 0.3 is 0 Å². The molecular weight excluding hydrogens is 140 g/mol. The second kappa shape index (κ2) is 7.28. The van der Waals surface area contributed by atoms with Gasteiger partial charge in [0.2, 0.25) is 0 Å². The van der Waals surface area contributed by atoms with Crippen molar-refractivity contribution in [2.45, 2.75) is 19.8 Å². The molecule has 0 radical (unpaired) electrons. The standard InChI is InChI=1S/C8H16N2O/c1-3-5-6-11-7-10-8(9)4-2/h4H,2-3,5-7H2,1H3,(H2,9,10). The number of nitrogens with two attached hydrogens (primary N) is 1. The molecule has 0 unspecified atom stereocenters. The number of amidine groups is 1. The summed E-state index contributed by atoms with van der Waals surface area (Å²) >= 11 is 0. The lowest BCUT2D eigenvalue weighted by atomic mass is 10.4. The van der Waals surface area contributed by atoms with E-state index in [1.54, 1.807) is 0 Å². The number of hydrogen-bond donors (Lipinski definition) is 1. The number of unbranched alkanes of at least 4 members (excludes halogenated alkanes) is 1. The summed E-state index contributed by atoms with van der Waals surface area (Å²) in [6, 6.07) is 0. The SMILES string of the molecule is C=CC(N)=NCOCCCC. The highest BCUT2D eigenvalue weighted by Gasteiger charge is 1.84. The van der Waals surface area contributed by atoms with Gasteiger partial charge in [0.15, 0.2) is 0 Å². The van der Waals surface area contributed by atoms with E-state index in [0.717, 1.165) is 19.4 Å². The van der Waals surface area contributed by atoms with Crippen LogP contribution < -0.4 is 5.73 Å². The van der Waals surface area contributed by atoms with Crippen molar-refractivity contribution in [1.29, 1.82) is 0 Å². The molecule has 0 fully saturated rings. The topological polar surface area (TPSA) is 47.6 Å². The number of aliphatic imine (C=N–C) groups is 1. The van der Waals surface area contributed by atoms with E-state index in [0.29, 0.717) is 12.6 Å². The molecule has 0 aliphatic heterocycles. The van der Waals surface area contributed by atoms with Crippen molar-refractivity contribution >= 4 is 5.84 Å². The van der Waals surface area contributed by atoms with Crippen molar-refractivity contribution in [2.75, 3.05) is 13.3 Å². The minimum Gasteiger partial charge on any atom is -0.384 e. The first-order valence-corrected chi connectivity index (χ1v) is 3.81. The predicted molar refractivity (Wildman–Crippen MR) is 47.5 cm³/mol. The quantitative estimate of drug-likeness (QED) is 0.358. The van der Waals surface area contributed by atoms with Gasteiger partial charge in [0.1, 0.15) is 12.6 Å². The third kappa shape index (κ3) is 7.06. The third-order valence-corrected chi connectivity index (χ3v) is 1.19. The van der Waals surface area contributed by atoms with E-state index in [2.05, 4.69) is 18.5 Å². The number of rotatable bonds is 6. The van der Waals surface area contributed by atoms with E-state index in [1.807, 2.05) is 0 Å². The molecule has 0 bridgehead atoms. The van der Waals surface area contributed by atoms with Crippen molar-refractivity contribution in [2.24, 2.45) is 10.7 Å². The summed E-state index contributed by atoms with van der Waals surface area (Å²) in [5.41, 5.74) is 5.34. The van der Waals surface area contributed by atoms with Gasteiger partial charge in [0.05, 0.1) is 0 Å². The molecule has 64 valence electrons. The van der Waals surface area contributed by atoms with Crippen LogP contribution in [0.4, 0.5) is 0 Å². The zero-order valence-corrected chi connectivity index (χ0v) is 7.05. The Morgan fingerprint density at radius 3 is 3.00 bits per heavy atom. The average Bonchev–Trinajstić information content (AvgIpc) is 2.04. The van der Waals surface area contributed by atoms with Crippen molar-refractivity contribution in [3.8, 4) is 0 Å². The molecule has 0 spiro atoms. The van der Waals surface area contributed by atoms with Gasteiger partial charge in [0.25, 0.3) is 0 Å². The molecule has 2 N–H and O–H groups in total. The molecule has 0 heterocycles. The highest BCUT2D eigenvalue weighted by atomic mass is 16.5. The Morgan fingerprint density at radius 2 is 2.45 bits per heavy atom. The molecule has 0 atom stereocenters. The summed E-state index contributed by atoms with van der Waals surface area (Å²) in [7, 11) is 0. The van der Waals surface area contributed by atoms with Gasteiger partial charge in [-0.15, -0.1) is 0 Å². The van der Waals surface area contributed by atoms with Gasteiger partial charge in [-0.1, -0.05) is 19.9 Å². The van der Waals surface area contributed by atoms with Gasteiger partial charge in [-0.25, -0.2) is 4.99 Å². The van der Waals surface area contributed by atoms with Gasteiger partial charge in [-0.3, -0.25) is 0 Å². The summed E-state index contributed by atoms with van der Waals surface area (Å²) in [4.78, 5) is 3.87. The molecular formula is C8H16N2O. The molecule has 0 aliphatic rings. The number of ether oxygens (including phenoxy) is 1. The molecule has 11 heavy (non-hydrogen) atoms. The van der Waals surface area contributed by atoms with Gasteiger partial charge in [-0.05, 0) is 12.5 Å². The molecule has 0 aromatic heterocycles. The van der Waals surface area contributed by atoms with Gasteiger partial charge in [0, 0.05) is 6.61 Å². The Morgan fingerprint density at radius 1 is 1.73 bits per heavy atom. The first-order valence-electron chi connectivity index (χ1n) is 3.81. The molecule has 3 heteroatoms. The molecule has 0 saturated heterocycles. The minimum absolute atomic E-state index is 0.345. The fraction of sp³-hybridized carbons (Fsp3) is 0.625.